The molecule has 98 valence electrons. The van der Waals surface area contributed by atoms with E-state index in [2.05, 4.69) is 16.7 Å². The molecular formula is C14H20N2O2. The molecular weight excluding hydrogens is 228 g/mol. The van der Waals surface area contributed by atoms with E-state index in [4.69, 9.17) is 0 Å². The largest absolute Gasteiger partial charge is 0.394 e. The summed E-state index contributed by atoms with van der Waals surface area (Å²) >= 11 is 0. The van der Waals surface area contributed by atoms with Crippen LogP contribution in [0.5, 0.6) is 0 Å². The molecule has 3 N–H and O–H groups in total. The second-order valence-electron chi connectivity index (χ2n) is 5.37. The van der Waals surface area contributed by atoms with Crippen LogP contribution in [0.4, 0.5) is 0 Å². The fourth-order valence-electron chi connectivity index (χ4n) is 2.14. The number of rotatable bonds is 3. The Balaban J connectivity index is 2.26. The minimum absolute atomic E-state index is 0.0774. The van der Waals surface area contributed by atoms with Crippen LogP contribution in [0.15, 0.2) is 18.2 Å². The van der Waals surface area contributed by atoms with Gasteiger partial charge in [-0.05, 0) is 44.0 Å². The third kappa shape index (κ3) is 2.71. The molecule has 1 aliphatic rings. The van der Waals surface area contributed by atoms with Gasteiger partial charge in [-0.1, -0.05) is 12.1 Å². The molecule has 0 radical (unpaired) electrons. The van der Waals surface area contributed by atoms with Crippen LogP contribution in [-0.2, 0) is 13.0 Å². The Morgan fingerprint density at radius 3 is 3.00 bits per heavy atom. The zero-order valence-electron chi connectivity index (χ0n) is 10.9. The van der Waals surface area contributed by atoms with Gasteiger partial charge >= 0.3 is 0 Å². The highest BCUT2D eigenvalue weighted by molar-refractivity contribution is 5.96. The topological polar surface area (TPSA) is 61.4 Å². The van der Waals surface area contributed by atoms with Gasteiger partial charge < -0.3 is 15.7 Å². The van der Waals surface area contributed by atoms with Crippen LogP contribution in [0.1, 0.15) is 35.3 Å². The fourth-order valence-corrected chi connectivity index (χ4v) is 2.14. The predicted octanol–water partition coefficient (Wildman–Crippen LogP) is 0.833. The molecule has 0 saturated heterocycles. The highest BCUT2D eigenvalue weighted by Gasteiger charge is 2.23. The first-order chi connectivity index (χ1) is 8.53. The monoisotopic (exact) mass is 248 g/mol. The molecule has 0 spiro atoms. The molecule has 2 rings (SSSR count). The molecule has 1 aromatic carbocycles. The van der Waals surface area contributed by atoms with Gasteiger partial charge in [0.15, 0.2) is 0 Å². The quantitative estimate of drug-likeness (QED) is 0.742. The third-order valence-corrected chi connectivity index (χ3v) is 3.24. The Hall–Kier alpha value is -1.39. The Bertz CT molecular complexity index is 455. The summed E-state index contributed by atoms with van der Waals surface area (Å²) < 4.78 is 0. The lowest BCUT2D eigenvalue weighted by Crippen LogP contribution is -2.46. The van der Waals surface area contributed by atoms with Crippen molar-refractivity contribution in [1.82, 2.24) is 10.6 Å². The summed E-state index contributed by atoms with van der Waals surface area (Å²) in [5.41, 5.74) is 2.43. The van der Waals surface area contributed by atoms with Crippen molar-refractivity contribution >= 4 is 5.91 Å². The summed E-state index contributed by atoms with van der Waals surface area (Å²) in [7, 11) is 0. The first-order valence-electron chi connectivity index (χ1n) is 6.28. The van der Waals surface area contributed by atoms with Crippen molar-refractivity contribution in [2.75, 3.05) is 13.2 Å². The van der Waals surface area contributed by atoms with Crippen LogP contribution >= 0.6 is 0 Å². The van der Waals surface area contributed by atoms with Crippen molar-refractivity contribution in [2.45, 2.75) is 32.4 Å². The summed E-state index contributed by atoms with van der Waals surface area (Å²) in [5.74, 6) is -0.116. The smallest absolute Gasteiger partial charge is 0.252 e. The maximum Gasteiger partial charge on any atom is 0.252 e. The van der Waals surface area contributed by atoms with Gasteiger partial charge in [0.1, 0.15) is 0 Å². The molecule has 0 aliphatic carbocycles. The number of carbonyl (C=O) groups excluding carboxylic acids is 1. The third-order valence-electron chi connectivity index (χ3n) is 3.24. The van der Waals surface area contributed by atoms with Crippen LogP contribution < -0.4 is 10.6 Å². The van der Waals surface area contributed by atoms with E-state index in [1.54, 1.807) is 13.8 Å². The van der Waals surface area contributed by atoms with Crippen LogP contribution in [0.3, 0.4) is 0 Å². The Labute approximate surface area is 107 Å². The molecule has 4 nitrogen and oxygen atoms in total. The fraction of sp³-hybridized carbons (Fsp3) is 0.500. The highest BCUT2D eigenvalue weighted by Crippen LogP contribution is 2.19. The van der Waals surface area contributed by atoms with E-state index in [1.807, 2.05) is 12.1 Å². The molecule has 0 atom stereocenters. The van der Waals surface area contributed by atoms with E-state index in [9.17, 15) is 9.90 Å². The number of fused-ring (bicyclic) bond motifs is 1. The van der Waals surface area contributed by atoms with Crippen molar-refractivity contribution in [2.24, 2.45) is 0 Å². The SMILES string of the molecule is CC(C)(CO)NC(=O)c1cccc2c1CNCC2. The van der Waals surface area contributed by atoms with Gasteiger partial charge in [-0.25, -0.2) is 0 Å². The second-order valence-corrected chi connectivity index (χ2v) is 5.37. The lowest BCUT2D eigenvalue weighted by atomic mass is 9.95. The number of amides is 1. The molecule has 1 heterocycles. The van der Waals surface area contributed by atoms with Crippen molar-refractivity contribution in [3.8, 4) is 0 Å². The summed E-state index contributed by atoms with van der Waals surface area (Å²) in [6, 6.07) is 5.84. The molecule has 0 fully saturated rings. The number of nitrogens with one attached hydrogen (secondary N) is 2. The molecule has 1 amide bonds. The molecule has 18 heavy (non-hydrogen) atoms. The first-order valence-corrected chi connectivity index (χ1v) is 6.28. The molecule has 4 heteroatoms. The maximum absolute atomic E-state index is 12.2. The van der Waals surface area contributed by atoms with E-state index < -0.39 is 5.54 Å². The normalized spacial score (nSPS) is 15.1. The van der Waals surface area contributed by atoms with E-state index in [1.165, 1.54) is 5.56 Å². The average Bonchev–Trinajstić information content (AvgIpc) is 2.37. The second kappa shape index (κ2) is 5.08. The Kier molecular flexibility index (Phi) is 3.68. The summed E-state index contributed by atoms with van der Waals surface area (Å²) in [4.78, 5) is 12.2. The summed E-state index contributed by atoms with van der Waals surface area (Å²) in [6.45, 7) is 5.22. The van der Waals surface area contributed by atoms with Crippen LogP contribution in [-0.4, -0.2) is 29.7 Å². The highest BCUT2D eigenvalue weighted by atomic mass is 16.3. The molecule has 0 saturated carbocycles. The maximum atomic E-state index is 12.2. The number of hydrogen-bond donors (Lipinski definition) is 3. The van der Waals surface area contributed by atoms with Gasteiger partial charge in [-0.3, -0.25) is 4.79 Å². The van der Waals surface area contributed by atoms with Gasteiger partial charge in [0.2, 0.25) is 0 Å². The molecule has 1 aliphatic heterocycles. The van der Waals surface area contributed by atoms with Gasteiger partial charge in [-0.15, -0.1) is 0 Å². The minimum atomic E-state index is -0.595. The van der Waals surface area contributed by atoms with Crippen LogP contribution in [0.2, 0.25) is 0 Å². The summed E-state index contributed by atoms with van der Waals surface area (Å²) in [6.07, 6.45) is 0.958. The number of aliphatic hydroxyl groups is 1. The van der Waals surface area contributed by atoms with Crippen molar-refractivity contribution in [3.05, 3.63) is 34.9 Å². The molecule has 0 unspecified atom stereocenters. The number of hydrogen-bond acceptors (Lipinski definition) is 3. The lowest BCUT2D eigenvalue weighted by molar-refractivity contribution is 0.0868. The lowest BCUT2D eigenvalue weighted by Gasteiger charge is -2.25. The number of aliphatic hydroxyl groups excluding tert-OH is 1. The van der Waals surface area contributed by atoms with E-state index in [-0.39, 0.29) is 12.5 Å². The van der Waals surface area contributed by atoms with Crippen molar-refractivity contribution < 1.29 is 9.90 Å². The van der Waals surface area contributed by atoms with Gasteiger partial charge in [0, 0.05) is 12.1 Å². The zero-order valence-corrected chi connectivity index (χ0v) is 10.9. The molecule has 0 aromatic heterocycles. The minimum Gasteiger partial charge on any atom is -0.394 e. The zero-order chi connectivity index (χ0) is 13.2. The van der Waals surface area contributed by atoms with Gasteiger partial charge in [-0.2, -0.15) is 0 Å². The van der Waals surface area contributed by atoms with E-state index >= 15 is 0 Å². The van der Waals surface area contributed by atoms with E-state index in [0.29, 0.717) is 5.56 Å². The first kappa shape index (κ1) is 13.1. The number of benzene rings is 1. The van der Waals surface area contributed by atoms with Crippen molar-refractivity contribution in [3.63, 3.8) is 0 Å². The Morgan fingerprint density at radius 1 is 1.50 bits per heavy atom. The average molecular weight is 248 g/mol. The Morgan fingerprint density at radius 2 is 2.28 bits per heavy atom. The van der Waals surface area contributed by atoms with Gasteiger partial charge in [0.25, 0.3) is 5.91 Å². The van der Waals surface area contributed by atoms with E-state index in [0.717, 1.165) is 25.1 Å². The predicted molar refractivity (Wildman–Crippen MR) is 70.5 cm³/mol. The van der Waals surface area contributed by atoms with Gasteiger partial charge in [0.05, 0.1) is 12.1 Å². The van der Waals surface area contributed by atoms with Crippen molar-refractivity contribution in [1.29, 1.82) is 0 Å². The number of carbonyl (C=O) groups is 1. The molecule has 0 bridgehead atoms. The summed E-state index contributed by atoms with van der Waals surface area (Å²) in [5, 5.41) is 15.3. The molecule has 1 aromatic rings. The van der Waals surface area contributed by atoms with Crippen LogP contribution in [0, 0.1) is 0 Å². The standard InChI is InChI=1S/C14H20N2O2/c1-14(2,9-17)16-13(18)11-5-3-4-10-6-7-15-8-12(10)11/h3-5,15,17H,6-9H2,1-2H3,(H,16,18). The van der Waals surface area contributed by atoms with Crippen LogP contribution in [0.25, 0.3) is 0 Å².